The van der Waals surface area contributed by atoms with Gasteiger partial charge in [0.05, 0.1) is 13.7 Å². The summed E-state index contributed by atoms with van der Waals surface area (Å²) >= 11 is 0. The third-order valence-corrected chi connectivity index (χ3v) is 4.27. The summed E-state index contributed by atoms with van der Waals surface area (Å²) in [6.07, 6.45) is -0.828. The standard InChI is InChI=1S/C18H24N6O4/c1-12(25)8-15(9-21-23-19)17(10-22-24-20)18(13(2)26)28-11-14-4-6-16(27-3)7-5-14/h4-7,15,17-18H,8-11H2,1-3H3/t15-,17-,18+/m0/s1. The first-order valence-corrected chi connectivity index (χ1v) is 8.69. The quantitative estimate of drug-likeness (QED) is 0.285. The van der Waals surface area contributed by atoms with Gasteiger partial charge in [-0.3, -0.25) is 4.79 Å². The van der Waals surface area contributed by atoms with Crippen LogP contribution >= 0.6 is 0 Å². The fourth-order valence-corrected chi connectivity index (χ4v) is 2.93. The summed E-state index contributed by atoms with van der Waals surface area (Å²) in [6, 6.07) is 7.18. The number of Topliss-reactive ketones (excluding diaryl/α,β-unsaturated/α-hetero) is 2. The molecule has 0 saturated heterocycles. The van der Waals surface area contributed by atoms with Crippen molar-refractivity contribution >= 4 is 11.6 Å². The van der Waals surface area contributed by atoms with Crippen molar-refractivity contribution in [3.8, 4) is 5.75 Å². The molecule has 0 amide bonds. The van der Waals surface area contributed by atoms with Gasteiger partial charge in [-0.25, -0.2) is 0 Å². The first-order chi connectivity index (χ1) is 13.4. The smallest absolute Gasteiger partial charge is 0.158 e. The normalized spacial score (nSPS) is 13.4. The van der Waals surface area contributed by atoms with Crippen molar-refractivity contribution in [2.75, 3.05) is 20.2 Å². The third-order valence-electron chi connectivity index (χ3n) is 4.27. The maximum atomic E-state index is 12.3. The molecule has 0 aliphatic heterocycles. The molecule has 0 fully saturated rings. The Balaban J connectivity index is 3.06. The molecule has 0 spiro atoms. The van der Waals surface area contributed by atoms with E-state index in [1.807, 2.05) is 12.1 Å². The second-order valence-electron chi connectivity index (χ2n) is 6.35. The molecule has 1 aromatic rings. The monoisotopic (exact) mass is 388 g/mol. The van der Waals surface area contributed by atoms with Crippen LogP contribution < -0.4 is 4.74 Å². The fraction of sp³-hybridized carbons (Fsp3) is 0.556. The molecule has 28 heavy (non-hydrogen) atoms. The third kappa shape index (κ3) is 7.67. The van der Waals surface area contributed by atoms with E-state index in [2.05, 4.69) is 20.1 Å². The number of hydrogen-bond donors (Lipinski definition) is 0. The van der Waals surface area contributed by atoms with E-state index >= 15 is 0 Å². The second kappa shape index (κ2) is 12.3. The number of benzene rings is 1. The summed E-state index contributed by atoms with van der Waals surface area (Å²) in [6.45, 7) is 2.88. The largest absolute Gasteiger partial charge is 0.497 e. The van der Waals surface area contributed by atoms with Crippen molar-refractivity contribution in [3.63, 3.8) is 0 Å². The van der Waals surface area contributed by atoms with Crippen molar-refractivity contribution < 1.29 is 19.1 Å². The van der Waals surface area contributed by atoms with Crippen molar-refractivity contribution in [2.24, 2.45) is 22.1 Å². The maximum Gasteiger partial charge on any atom is 0.158 e. The Labute approximate surface area is 163 Å². The molecule has 0 radical (unpaired) electrons. The number of ketones is 2. The molecule has 0 N–H and O–H groups in total. The van der Waals surface area contributed by atoms with Crippen LogP contribution in [-0.2, 0) is 20.9 Å². The Morgan fingerprint density at radius 3 is 2.18 bits per heavy atom. The van der Waals surface area contributed by atoms with Crippen LogP contribution in [0.1, 0.15) is 25.8 Å². The highest BCUT2D eigenvalue weighted by atomic mass is 16.5. The maximum absolute atomic E-state index is 12.3. The van der Waals surface area contributed by atoms with Gasteiger partial charge in [0.2, 0.25) is 0 Å². The molecular formula is C18H24N6O4. The van der Waals surface area contributed by atoms with Crippen LogP contribution in [0, 0.1) is 11.8 Å². The Kier molecular flexibility index (Phi) is 10.1. The summed E-state index contributed by atoms with van der Waals surface area (Å²) in [4.78, 5) is 29.4. The zero-order chi connectivity index (χ0) is 20.9. The Morgan fingerprint density at radius 2 is 1.68 bits per heavy atom. The molecular weight excluding hydrogens is 364 g/mol. The van der Waals surface area contributed by atoms with Crippen LogP contribution in [0.15, 0.2) is 34.5 Å². The van der Waals surface area contributed by atoms with Crippen LogP contribution in [0.25, 0.3) is 20.9 Å². The van der Waals surface area contributed by atoms with E-state index in [0.29, 0.717) is 5.75 Å². The first-order valence-electron chi connectivity index (χ1n) is 8.69. The molecule has 3 atom stereocenters. The number of azide groups is 2. The van der Waals surface area contributed by atoms with E-state index in [9.17, 15) is 9.59 Å². The summed E-state index contributed by atoms with van der Waals surface area (Å²) in [5.41, 5.74) is 18.2. The van der Waals surface area contributed by atoms with Gasteiger partial charge in [0.25, 0.3) is 0 Å². The number of carbonyl (C=O) groups excluding carboxylic acids is 2. The molecule has 150 valence electrons. The average Bonchev–Trinajstić information content (AvgIpc) is 2.67. The Hall–Kier alpha value is -3.06. The van der Waals surface area contributed by atoms with Gasteiger partial charge in [-0.15, -0.1) is 0 Å². The number of hydrogen-bond acceptors (Lipinski definition) is 6. The zero-order valence-corrected chi connectivity index (χ0v) is 16.2. The highest BCUT2D eigenvalue weighted by molar-refractivity contribution is 5.81. The van der Waals surface area contributed by atoms with Crippen LogP contribution in [-0.4, -0.2) is 37.9 Å². The lowest BCUT2D eigenvalue weighted by atomic mass is 9.82. The zero-order valence-electron chi connectivity index (χ0n) is 16.2. The number of ether oxygens (including phenoxy) is 2. The molecule has 0 aliphatic rings. The van der Waals surface area contributed by atoms with Gasteiger partial charge in [-0.1, -0.05) is 22.4 Å². The number of methoxy groups -OCH3 is 1. The van der Waals surface area contributed by atoms with Crippen LogP contribution in [0.4, 0.5) is 0 Å². The van der Waals surface area contributed by atoms with Crippen LogP contribution in [0.2, 0.25) is 0 Å². The summed E-state index contributed by atoms with van der Waals surface area (Å²) in [7, 11) is 1.57. The molecule has 0 aromatic heterocycles. The lowest BCUT2D eigenvalue weighted by molar-refractivity contribution is -0.135. The molecule has 0 unspecified atom stereocenters. The van der Waals surface area contributed by atoms with Gasteiger partial charge < -0.3 is 14.3 Å². The number of nitrogens with zero attached hydrogens (tertiary/aromatic N) is 6. The highest BCUT2D eigenvalue weighted by Crippen LogP contribution is 2.26. The lowest BCUT2D eigenvalue weighted by Gasteiger charge is -2.30. The SMILES string of the molecule is COc1ccc(CO[C@H](C(C)=O)[C@@H](CN=[N+]=[N-])[C@H](CN=[N+]=[N-])CC(C)=O)cc1. The lowest BCUT2D eigenvalue weighted by Crippen LogP contribution is -2.39. The van der Waals surface area contributed by atoms with Gasteiger partial charge in [-0.05, 0) is 48.5 Å². The molecule has 0 saturated carbocycles. The van der Waals surface area contributed by atoms with E-state index in [0.717, 1.165) is 5.56 Å². The minimum atomic E-state index is -0.911. The van der Waals surface area contributed by atoms with Gasteiger partial charge in [-0.2, -0.15) is 0 Å². The fourth-order valence-electron chi connectivity index (χ4n) is 2.93. The van der Waals surface area contributed by atoms with Crippen molar-refractivity contribution in [3.05, 3.63) is 50.7 Å². The van der Waals surface area contributed by atoms with E-state index in [4.69, 9.17) is 20.5 Å². The Bertz CT molecular complexity index is 750. The van der Waals surface area contributed by atoms with Crippen LogP contribution in [0.5, 0.6) is 5.75 Å². The number of carbonyl (C=O) groups is 2. The molecule has 0 aliphatic carbocycles. The summed E-state index contributed by atoms with van der Waals surface area (Å²) in [5.74, 6) is -0.767. The molecule has 0 bridgehead atoms. The minimum Gasteiger partial charge on any atom is -0.497 e. The summed E-state index contributed by atoms with van der Waals surface area (Å²) < 4.78 is 11.0. The molecule has 1 rings (SSSR count). The molecule has 0 heterocycles. The van der Waals surface area contributed by atoms with Gasteiger partial charge in [0.1, 0.15) is 17.6 Å². The minimum absolute atomic E-state index is 0.00261. The van der Waals surface area contributed by atoms with E-state index in [1.165, 1.54) is 13.8 Å². The van der Waals surface area contributed by atoms with Gasteiger partial charge >= 0.3 is 0 Å². The van der Waals surface area contributed by atoms with E-state index in [1.54, 1.807) is 19.2 Å². The van der Waals surface area contributed by atoms with Gasteiger partial charge in [0.15, 0.2) is 5.78 Å². The second-order valence-corrected chi connectivity index (χ2v) is 6.35. The molecule has 10 heteroatoms. The van der Waals surface area contributed by atoms with E-state index < -0.39 is 17.9 Å². The highest BCUT2D eigenvalue weighted by Gasteiger charge is 2.33. The first kappa shape index (κ1) is 23.0. The topological polar surface area (TPSA) is 150 Å². The molecule has 1 aromatic carbocycles. The van der Waals surface area contributed by atoms with Gasteiger partial charge in [0, 0.05) is 35.3 Å². The van der Waals surface area contributed by atoms with Crippen LogP contribution in [0.3, 0.4) is 0 Å². The van der Waals surface area contributed by atoms with E-state index in [-0.39, 0.29) is 37.7 Å². The average molecular weight is 388 g/mol. The van der Waals surface area contributed by atoms with Crippen molar-refractivity contribution in [2.45, 2.75) is 33.0 Å². The number of rotatable bonds is 13. The summed E-state index contributed by atoms with van der Waals surface area (Å²) in [5, 5.41) is 7.12. The molecule has 10 nitrogen and oxygen atoms in total. The Morgan fingerprint density at radius 1 is 1.07 bits per heavy atom. The van der Waals surface area contributed by atoms with Crippen molar-refractivity contribution in [1.82, 2.24) is 0 Å². The predicted molar refractivity (Wildman–Crippen MR) is 103 cm³/mol. The van der Waals surface area contributed by atoms with Crippen molar-refractivity contribution in [1.29, 1.82) is 0 Å². The predicted octanol–water partition coefficient (Wildman–Crippen LogP) is 4.00.